The van der Waals surface area contributed by atoms with E-state index in [0.29, 0.717) is 33.2 Å². The number of nitrogen functional groups attached to an aromatic ring is 1. The normalized spacial score (nSPS) is 22.4. The van der Waals surface area contributed by atoms with Crippen LogP contribution in [0.15, 0.2) is 48.9 Å². The molecule has 11 nitrogen and oxygen atoms in total. The minimum Gasteiger partial charge on any atom is -0.382 e. The molecule has 4 aliphatic heterocycles. The number of halogens is 2. The lowest BCUT2D eigenvalue weighted by Crippen LogP contribution is -2.64. The zero-order valence-electron chi connectivity index (χ0n) is 26.0. The Hall–Kier alpha value is -3.62. The van der Waals surface area contributed by atoms with Crippen LogP contribution < -0.4 is 21.3 Å². The quantitative estimate of drug-likeness (QED) is 0.255. The number of nitrogens with one attached hydrogen (secondary N) is 2. The van der Waals surface area contributed by atoms with E-state index < -0.39 is 11.7 Å². The lowest BCUT2D eigenvalue weighted by Gasteiger charge is -2.57. The molecule has 1 spiro atoms. The number of pyridine rings is 1. The number of benzene rings is 1. The number of carbonyl (C=O) groups is 1. The molecule has 1 aromatic carbocycles. The monoisotopic (exact) mass is 671 g/mol. The van der Waals surface area contributed by atoms with Gasteiger partial charge < -0.3 is 26.2 Å². The van der Waals surface area contributed by atoms with Crippen LogP contribution in [0, 0.1) is 17.2 Å². The van der Waals surface area contributed by atoms with E-state index >= 15 is 4.39 Å². The van der Waals surface area contributed by atoms with Gasteiger partial charge in [0.05, 0.1) is 0 Å². The molecule has 4 saturated heterocycles. The third-order valence-corrected chi connectivity index (χ3v) is 11.6. The summed E-state index contributed by atoms with van der Waals surface area (Å²) in [6.07, 6.45) is 8.34. The molecule has 4 aliphatic rings. The number of likely N-dealkylation sites (tertiary alicyclic amines) is 2. The first-order valence-electron chi connectivity index (χ1n) is 16.3. The van der Waals surface area contributed by atoms with E-state index in [1.165, 1.54) is 37.8 Å². The first-order valence-corrected chi connectivity index (χ1v) is 17.2. The Kier molecular flexibility index (Phi) is 7.91. The minimum atomic E-state index is -0.586. The van der Waals surface area contributed by atoms with Crippen LogP contribution >= 0.6 is 11.6 Å². The molecule has 3 aromatic heterocycles. The third-order valence-electron chi connectivity index (χ3n) is 10.6. The number of carbonyl (C=O) groups excluding carboxylic acids is 1. The van der Waals surface area contributed by atoms with Gasteiger partial charge in [-0.3, -0.25) is 14.1 Å². The number of amides is 1. The first kappa shape index (κ1) is 30.7. The highest BCUT2D eigenvalue weighted by Crippen LogP contribution is 2.44. The van der Waals surface area contributed by atoms with Crippen LogP contribution in [0.5, 0.6) is 0 Å². The molecule has 2 atom stereocenters. The predicted molar refractivity (Wildman–Crippen MR) is 181 cm³/mol. The highest BCUT2D eigenvalue weighted by atomic mass is 35.5. The number of nitrogens with zero attached hydrogens (tertiary/aromatic N) is 7. The third kappa shape index (κ3) is 5.67. The van der Waals surface area contributed by atoms with E-state index in [4.69, 9.17) is 22.3 Å². The fourth-order valence-electron chi connectivity index (χ4n) is 7.71. The van der Waals surface area contributed by atoms with Gasteiger partial charge in [-0.1, -0.05) is 11.6 Å². The average molecular weight is 672 g/mol. The molecule has 8 rings (SSSR count). The maximum Gasteiger partial charge on any atom is 0.256 e. The van der Waals surface area contributed by atoms with Gasteiger partial charge in [-0.25, -0.2) is 19.3 Å². The highest BCUT2D eigenvalue weighted by molar-refractivity contribution is 6.30. The zero-order valence-corrected chi connectivity index (χ0v) is 27.8. The number of nitrogens with two attached hydrogens (primary N) is 1. The molecule has 243 valence electrons. The molecule has 0 bridgehead atoms. The van der Waals surface area contributed by atoms with Crippen molar-refractivity contribution in [1.29, 1.82) is 0 Å². The number of piperidine rings is 1. The van der Waals surface area contributed by atoms with Gasteiger partial charge >= 0.3 is 0 Å². The molecular weight excluding hydrogens is 635 g/mol. The number of hydrogen-bond donors (Lipinski definition) is 3. The van der Waals surface area contributed by atoms with Crippen LogP contribution in [-0.4, -0.2) is 109 Å². The molecular formula is C33H37ClFN10OSi. The molecule has 4 aromatic rings. The van der Waals surface area contributed by atoms with Crippen LogP contribution in [0.3, 0.4) is 0 Å². The maximum atomic E-state index is 15.7. The number of aromatic nitrogens is 4. The van der Waals surface area contributed by atoms with Gasteiger partial charge in [-0.05, 0) is 73.1 Å². The molecule has 47 heavy (non-hydrogen) atoms. The van der Waals surface area contributed by atoms with E-state index in [1.54, 1.807) is 24.4 Å². The lowest BCUT2D eigenvalue weighted by molar-refractivity contribution is -0.0393. The molecule has 3 radical (unpaired) electrons. The molecule has 4 fully saturated rings. The number of anilines is 3. The molecule has 7 heterocycles. The molecule has 0 saturated carbocycles. The SMILES string of the molecule is Nc1nccn2c(N3CCC4(CC3)CN(C([Si])[C@H]3CCN(C5CNC5)C3)C4)nc(-c3ccc(C(=O)Nc4cc(Cl)ccn4)cc3F)c12. The van der Waals surface area contributed by atoms with E-state index in [1.807, 2.05) is 10.6 Å². The van der Waals surface area contributed by atoms with Crippen molar-refractivity contribution in [2.75, 3.05) is 68.3 Å². The summed E-state index contributed by atoms with van der Waals surface area (Å²) in [5, 5.41) is 6.49. The first-order chi connectivity index (χ1) is 22.8. The Balaban J connectivity index is 0.959. The van der Waals surface area contributed by atoms with Gasteiger partial charge in [0.1, 0.15) is 28.7 Å². The van der Waals surface area contributed by atoms with Crippen molar-refractivity contribution in [2.45, 2.75) is 31.0 Å². The summed E-state index contributed by atoms with van der Waals surface area (Å²) in [6, 6.07) is 8.18. The van der Waals surface area contributed by atoms with Gasteiger partial charge in [0.2, 0.25) is 5.95 Å². The van der Waals surface area contributed by atoms with Crippen molar-refractivity contribution in [3.8, 4) is 11.3 Å². The van der Waals surface area contributed by atoms with Crippen LogP contribution in [0.4, 0.5) is 22.0 Å². The number of imidazole rings is 1. The largest absolute Gasteiger partial charge is 0.382 e. The summed E-state index contributed by atoms with van der Waals surface area (Å²) in [4.78, 5) is 33.7. The van der Waals surface area contributed by atoms with E-state index in [2.05, 4.69) is 45.5 Å². The van der Waals surface area contributed by atoms with Gasteiger partial charge in [0, 0.05) is 96.8 Å². The second-order valence-corrected chi connectivity index (χ2v) is 14.5. The highest BCUT2D eigenvalue weighted by Gasteiger charge is 2.48. The topological polar surface area (TPSA) is 120 Å². The Morgan fingerprint density at radius 1 is 1.13 bits per heavy atom. The van der Waals surface area contributed by atoms with Crippen LogP contribution in [0.1, 0.15) is 29.6 Å². The minimum absolute atomic E-state index is 0.144. The van der Waals surface area contributed by atoms with E-state index in [9.17, 15) is 4.79 Å². The second-order valence-electron chi connectivity index (χ2n) is 13.5. The average Bonchev–Trinajstić information content (AvgIpc) is 3.65. The maximum absolute atomic E-state index is 15.7. The van der Waals surface area contributed by atoms with Crippen molar-refractivity contribution in [3.05, 3.63) is 65.3 Å². The summed E-state index contributed by atoms with van der Waals surface area (Å²) in [7, 11) is 4.13. The molecule has 14 heteroatoms. The standard InChI is InChI=1S/C33H37ClFN10OSi/c34-22-3-7-38-26(14-22)40-30(46)20-1-2-24(25(35)13-20)27-28-29(36)39-8-12-45(28)32(41-27)42-10-5-33(6-11-42)18-44(19-33)31(47)21-4-9-43(17-21)23-15-37-16-23/h1-3,7-8,12-14,21,23,31,37H,4-6,9-11,15-19H2,(H2,36,39)(H,38,40,46)/t21-,31?/m0/s1. The van der Waals surface area contributed by atoms with Crippen LogP contribution in [0.25, 0.3) is 16.8 Å². The number of hydrogen-bond acceptors (Lipinski definition) is 9. The fraction of sp³-hybridized carbons (Fsp3) is 0.455. The van der Waals surface area contributed by atoms with Gasteiger partial charge in [-0.15, -0.1) is 0 Å². The Morgan fingerprint density at radius 2 is 1.94 bits per heavy atom. The Bertz CT molecular complexity index is 1820. The Morgan fingerprint density at radius 3 is 2.66 bits per heavy atom. The molecule has 1 unspecified atom stereocenters. The summed E-state index contributed by atoms with van der Waals surface area (Å²) in [5.41, 5.74) is 8.43. The van der Waals surface area contributed by atoms with E-state index in [-0.39, 0.29) is 22.8 Å². The lowest BCUT2D eigenvalue weighted by atomic mass is 9.71. The summed E-state index contributed by atoms with van der Waals surface area (Å²) < 4.78 is 17.6. The van der Waals surface area contributed by atoms with Crippen molar-refractivity contribution in [1.82, 2.24) is 34.5 Å². The number of fused-ring (bicyclic) bond motifs is 1. The summed E-state index contributed by atoms with van der Waals surface area (Å²) in [6.45, 7) is 8.57. The molecule has 4 N–H and O–H groups in total. The Labute approximate surface area is 281 Å². The van der Waals surface area contributed by atoms with Gasteiger partial charge in [0.15, 0.2) is 0 Å². The summed E-state index contributed by atoms with van der Waals surface area (Å²) in [5.74, 6) is 0.849. The van der Waals surface area contributed by atoms with Gasteiger partial charge in [-0.2, -0.15) is 0 Å². The predicted octanol–water partition coefficient (Wildman–Crippen LogP) is 3.11. The second kappa shape index (κ2) is 12.1. The number of rotatable bonds is 7. The van der Waals surface area contributed by atoms with Crippen molar-refractivity contribution < 1.29 is 9.18 Å². The van der Waals surface area contributed by atoms with Crippen LogP contribution in [-0.2, 0) is 0 Å². The summed E-state index contributed by atoms with van der Waals surface area (Å²) >= 11 is 6.00. The zero-order chi connectivity index (χ0) is 32.3. The molecule has 0 aliphatic carbocycles. The van der Waals surface area contributed by atoms with Crippen molar-refractivity contribution >= 4 is 50.9 Å². The van der Waals surface area contributed by atoms with E-state index in [0.717, 1.165) is 64.1 Å². The van der Waals surface area contributed by atoms with Crippen molar-refractivity contribution in [3.63, 3.8) is 0 Å². The fourth-order valence-corrected chi connectivity index (χ4v) is 8.33. The van der Waals surface area contributed by atoms with Gasteiger partial charge in [0.25, 0.3) is 5.91 Å². The molecule has 1 amide bonds. The van der Waals surface area contributed by atoms with Crippen LogP contribution in [0.2, 0.25) is 5.02 Å². The smallest absolute Gasteiger partial charge is 0.256 e. The van der Waals surface area contributed by atoms with Crippen molar-refractivity contribution in [2.24, 2.45) is 11.3 Å².